The fourth-order valence-corrected chi connectivity index (χ4v) is 2.87. The molecule has 0 spiro atoms. The normalized spacial score (nSPS) is 19.1. The Morgan fingerprint density at radius 1 is 1.38 bits per heavy atom. The number of hydrogen-bond acceptors (Lipinski definition) is 6. The van der Waals surface area contributed by atoms with Crippen molar-refractivity contribution in [2.24, 2.45) is 0 Å². The second-order valence-corrected chi connectivity index (χ2v) is 5.39. The molecule has 0 atom stereocenters. The fraction of sp³-hybridized carbons (Fsp3) is 0.667. The maximum Gasteiger partial charge on any atom is 0.357 e. The van der Waals surface area contributed by atoms with Crippen LogP contribution in [0.5, 0.6) is 0 Å². The molecule has 1 aromatic heterocycles. The van der Waals surface area contributed by atoms with Gasteiger partial charge in [0.15, 0.2) is 5.69 Å². The van der Waals surface area contributed by atoms with Gasteiger partial charge in [0.05, 0.1) is 12.3 Å². The second-order valence-electron chi connectivity index (χ2n) is 5.39. The van der Waals surface area contributed by atoms with Gasteiger partial charge in [-0.05, 0) is 19.8 Å². The van der Waals surface area contributed by atoms with Crippen LogP contribution >= 0.6 is 0 Å². The number of aromatic nitrogens is 2. The summed E-state index contributed by atoms with van der Waals surface area (Å²) in [5.74, 6) is 0.724. The number of hydrogen-bond donors (Lipinski definition) is 1. The van der Waals surface area contributed by atoms with Crippen LogP contribution in [0.1, 0.15) is 53.3 Å². The molecule has 0 unspecified atom stereocenters. The minimum absolute atomic E-state index is 0.284. The van der Waals surface area contributed by atoms with Gasteiger partial charge in [-0.1, -0.05) is 0 Å². The maximum atomic E-state index is 12.2. The van der Waals surface area contributed by atoms with Crippen molar-refractivity contribution in [3.63, 3.8) is 0 Å². The highest BCUT2D eigenvalue weighted by Crippen LogP contribution is 2.27. The third-order valence-electron chi connectivity index (χ3n) is 4.01. The summed E-state index contributed by atoms with van der Waals surface area (Å²) in [6, 6.07) is 0. The predicted molar refractivity (Wildman–Crippen MR) is 76.2 cm³/mol. The summed E-state index contributed by atoms with van der Waals surface area (Å²) < 4.78 is 10.5. The number of fused-ring (bicyclic) bond motifs is 1. The van der Waals surface area contributed by atoms with E-state index in [1.54, 1.807) is 0 Å². The molecule has 0 aromatic carbocycles. The maximum absolute atomic E-state index is 12.2. The summed E-state index contributed by atoms with van der Waals surface area (Å²) in [5.41, 5.74) is 2.33. The van der Waals surface area contributed by atoms with Crippen LogP contribution in [0.25, 0.3) is 0 Å². The Kier molecular flexibility index (Phi) is 4.45. The van der Waals surface area contributed by atoms with Gasteiger partial charge in [-0.15, -0.1) is 0 Å². The van der Waals surface area contributed by atoms with Crippen molar-refractivity contribution < 1.29 is 14.3 Å². The van der Waals surface area contributed by atoms with Gasteiger partial charge in [0.25, 0.3) is 0 Å². The van der Waals surface area contributed by atoms with E-state index in [0.717, 1.165) is 56.1 Å². The first-order chi connectivity index (χ1) is 10.3. The van der Waals surface area contributed by atoms with Crippen molar-refractivity contribution in [3.8, 4) is 0 Å². The molecule has 1 saturated heterocycles. The molecule has 0 radical (unpaired) electrons. The number of ether oxygens (including phenoxy) is 2. The Morgan fingerprint density at radius 2 is 2.19 bits per heavy atom. The zero-order chi connectivity index (χ0) is 14.7. The predicted octanol–water partition coefficient (Wildman–Crippen LogP) is 1.19. The first-order valence-corrected chi connectivity index (χ1v) is 7.65. The van der Waals surface area contributed by atoms with Gasteiger partial charge >= 0.3 is 5.97 Å². The monoisotopic (exact) mass is 291 g/mol. The third kappa shape index (κ3) is 3.06. The smallest absolute Gasteiger partial charge is 0.357 e. The Bertz CT molecular complexity index is 527. The average molecular weight is 291 g/mol. The summed E-state index contributed by atoms with van der Waals surface area (Å²) in [5, 5.41) is 3.27. The number of nitrogens with zero attached hydrogens (tertiary/aromatic N) is 2. The lowest BCUT2D eigenvalue weighted by molar-refractivity contribution is 0.0515. The Hall–Kier alpha value is -1.53. The molecule has 6 heteroatoms. The van der Waals surface area contributed by atoms with Crippen molar-refractivity contribution in [2.75, 3.05) is 26.4 Å². The highest BCUT2D eigenvalue weighted by atomic mass is 16.5. The second kappa shape index (κ2) is 6.49. The number of rotatable bonds is 3. The standard InChI is InChI=1S/C15H21N3O3/c1-2-21-15(19)13-11-9-16-6-3-12(11)17-14(18-13)10-4-7-20-8-5-10/h10,16H,2-9H2,1H3. The van der Waals surface area contributed by atoms with Gasteiger partial charge < -0.3 is 14.8 Å². The molecule has 6 nitrogen and oxygen atoms in total. The molecule has 0 bridgehead atoms. The zero-order valence-electron chi connectivity index (χ0n) is 12.4. The molecule has 3 heterocycles. The van der Waals surface area contributed by atoms with Crippen molar-refractivity contribution in [1.82, 2.24) is 15.3 Å². The molecule has 2 aliphatic heterocycles. The van der Waals surface area contributed by atoms with Crippen molar-refractivity contribution >= 4 is 5.97 Å². The Morgan fingerprint density at radius 3 is 2.95 bits per heavy atom. The van der Waals surface area contributed by atoms with E-state index in [-0.39, 0.29) is 11.9 Å². The van der Waals surface area contributed by atoms with Gasteiger partial charge in [0.1, 0.15) is 5.82 Å². The lowest BCUT2D eigenvalue weighted by atomic mass is 9.97. The quantitative estimate of drug-likeness (QED) is 0.843. The molecular weight excluding hydrogens is 270 g/mol. The average Bonchev–Trinajstić information content (AvgIpc) is 2.55. The van der Waals surface area contributed by atoms with Crippen LogP contribution in [-0.4, -0.2) is 42.3 Å². The highest BCUT2D eigenvalue weighted by molar-refractivity contribution is 5.89. The van der Waals surface area contributed by atoms with E-state index >= 15 is 0 Å². The number of carbonyl (C=O) groups excluding carboxylic acids is 1. The van der Waals surface area contributed by atoms with Gasteiger partial charge in [-0.2, -0.15) is 0 Å². The van der Waals surface area contributed by atoms with E-state index in [2.05, 4.69) is 10.3 Å². The molecule has 1 N–H and O–H groups in total. The topological polar surface area (TPSA) is 73.3 Å². The minimum atomic E-state index is -0.340. The van der Waals surface area contributed by atoms with E-state index in [0.29, 0.717) is 18.8 Å². The molecule has 0 saturated carbocycles. The Labute approximate surface area is 124 Å². The van der Waals surface area contributed by atoms with Crippen LogP contribution < -0.4 is 5.32 Å². The first-order valence-electron chi connectivity index (χ1n) is 7.65. The van der Waals surface area contributed by atoms with Crippen LogP contribution in [0.4, 0.5) is 0 Å². The lowest BCUT2D eigenvalue weighted by Crippen LogP contribution is -2.30. The van der Waals surface area contributed by atoms with E-state index in [4.69, 9.17) is 14.5 Å². The van der Waals surface area contributed by atoms with E-state index < -0.39 is 0 Å². The lowest BCUT2D eigenvalue weighted by Gasteiger charge is -2.24. The fourth-order valence-electron chi connectivity index (χ4n) is 2.87. The largest absolute Gasteiger partial charge is 0.461 e. The van der Waals surface area contributed by atoms with Crippen LogP contribution in [0.15, 0.2) is 0 Å². The van der Waals surface area contributed by atoms with Crippen molar-refractivity contribution in [3.05, 3.63) is 22.8 Å². The summed E-state index contributed by atoms with van der Waals surface area (Å²) in [7, 11) is 0. The van der Waals surface area contributed by atoms with E-state index in [1.165, 1.54) is 0 Å². The van der Waals surface area contributed by atoms with Gasteiger partial charge in [-0.25, -0.2) is 14.8 Å². The van der Waals surface area contributed by atoms with E-state index in [9.17, 15) is 4.79 Å². The minimum Gasteiger partial charge on any atom is -0.461 e. The van der Waals surface area contributed by atoms with Gasteiger partial charge in [-0.3, -0.25) is 0 Å². The third-order valence-corrected chi connectivity index (χ3v) is 4.01. The first kappa shape index (κ1) is 14.4. The number of nitrogens with one attached hydrogen (secondary N) is 1. The SMILES string of the molecule is CCOC(=O)c1nc(C2CCOCC2)nc2c1CNCC2. The van der Waals surface area contributed by atoms with Crippen LogP contribution in [0.3, 0.4) is 0 Å². The molecular formula is C15H21N3O3. The molecule has 21 heavy (non-hydrogen) atoms. The van der Waals surface area contributed by atoms with Crippen LogP contribution in [-0.2, 0) is 22.4 Å². The molecule has 1 aromatic rings. The molecule has 114 valence electrons. The molecule has 1 fully saturated rings. The van der Waals surface area contributed by atoms with Crippen molar-refractivity contribution in [1.29, 1.82) is 0 Å². The van der Waals surface area contributed by atoms with Gasteiger partial charge in [0, 0.05) is 44.2 Å². The summed E-state index contributed by atoms with van der Waals surface area (Å²) in [6.45, 7) is 5.17. The zero-order valence-corrected chi connectivity index (χ0v) is 12.4. The number of carbonyl (C=O) groups is 1. The summed E-state index contributed by atoms with van der Waals surface area (Å²) >= 11 is 0. The number of esters is 1. The highest BCUT2D eigenvalue weighted by Gasteiger charge is 2.26. The van der Waals surface area contributed by atoms with E-state index in [1.807, 2.05) is 6.92 Å². The molecule has 0 amide bonds. The molecule has 0 aliphatic carbocycles. The Balaban J connectivity index is 1.97. The van der Waals surface area contributed by atoms with Gasteiger partial charge in [0.2, 0.25) is 0 Å². The van der Waals surface area contributed by atoms with Crippen LogP contribution in [0.2, 0.25) is 0 Å². The van der Waals surface area contributed by atoms with Crippen molar-refractivity contribution in [2.45, 2.75) is 38.6 Å². The molecule has 3 rings (SSSR count). The summed E-state index contributed by atoms with van der Waals surface area (Å²) in [6.07, 6.45) is 2.67. The summed E-state index contributed by atoms with van der Waals surface area (Å²) in [4.78, 5) is 21.5. The van der Waals surface area contributed by atoms with Crippen LogP contribution in [0, 0.1) is 0 Å². The molecule has 2 aliphatic rings.